The first-order valence-corrected chi connectivity index (χ1v) is 8.43. The molecule has 0 radical (unpaired) electrons. The Morgan fingerprint density at radius 1 is 1.18 bits per heavy atom. The van der Waals surface area contributed by atoms with E-state index in [1.807, 2.05) is 24.3 Å². The standard InChI is InChI=1S/C16H14BrF2NOS/c1-10(22-9-11-5-2-3-6-12(11)17)16(21)20-15-13(18)7-4-8-14(15)19/h2-8,10H,9H2,1H3,(H,20,21). The van der Waals surface area contributed by atoms with E-state index in [4.69, 9.17) is 0 Å². The fraction of sp³-hybridized carbons (Fsp3) is 0.188. The molecule has 2 aromatic carbocycles. The van der Waals surface area contributed by atoms with Crippen LogP contribution in [0.1, 0.15) is 12.5 Å². The second-order valence-corrected chi connectivity index (χ2v) is 6.81. The molecule has 0 aliphatic heterocycles. The first-order valence-electron chi connectivity index (χ1n) is 6.59. The van der Waals surface area contributed by atoms with Crippen molar-refractivity contribution in [1.29, 1.82) is 0 Å². The zero-order chi connectivity index (χ0) is 16.1. The Morgan fingerprint density at radius 2 is 1.82 bits per heavy atom. The van der Waals surface area contributed by atoms with Crippen molar-refractivity contribution < 1.29 is 13.6 Å². The molecule has 2 rings (SSSR count). The number of hydrogen-bond donors (Lipinski definition) is 1. The predicted molar refractivity (Wildman–Crippen MR) is 89.9 cm³/mol. The summed E-state index contributed by atoms with van der Waals surface area (Å²) in [5, 5.41) is 1.87. The van der Waals surface area contributed by atoms with E-state index >= 15 is 0 Å². The summed E-state index contributed by atoms with van der Waals surface area (Å²) in [5.41, 5.74) is 0.657. The van der Waals surface area contributed by atoms with Gasteiger partial charge in [-0.3, -0.25) is 4.79 Å². The van der Waals surface area contributed by atoms with Crippen LogP contribution in [0.4, 0.5) is 14.5 Å². The van der Waals surface area contributed by atoms with Gasteiger partial charge in [-0.05, 0) is 30.7 Å². The third kappa shape index (κ3) is 4.30. The molecule has 0 bridgehead atoms. The van der Waals surface area contributed by atoms with Crippen molar-refractivity contribution >= 4 is 39.3 Å². The first kappa shape index (κ1) is 17.0. The minimum atomic E-state index is -0.781. The molecule has 0 spiro atoms. The summed E-state index contributed by atoms with van der Waals surface area (Å²) in [5.74, 6) is -1.37. The van der Waals surface area contributed by atoms with Gasteiger partial charge in [0.1, 0.15) is 17.3 Å². The lowest BCUT2D eigenvalue weighted by Gasteiger charge is -2.13. The lowest BCUT2D eigenvalue weighted by Crippen LogP contribution is -2.23. The van der Waals surface area contributed by atoms with Gasteiger partial charge >= 0.3 is 0 Å². The summed E-state index contributed by atoms with van der Waals surface area (Å²) in [6.07, 6.45) is 0. The van der Waals surface area contributed by atoms with Crippen LogP contribution in [-0.4, -0.2) is 11.2 Å². The Kier molecular flexibility index (Phi) is 5.97. The lowest BCUT2D eigenvalue weighted by atomic mass is 10.2. The van der Waals surface area contributed by atoms with Gasteiger partial charge in [0.05, 0.1) is 5.25 Å². The fourth-order valence-corrected chi connectivity index (χ4v) is 3.25. The van der Waals surface area contributed by atoms with Crippen LogP contribution in [0.25, 0.3) is 0 Å². The molecule has 1 unspecified atom stereocenters. The van der Waals surface area contributed by atoms with E-state index in [-0.39, 0.29) is 0 Å². The van der Waals surface area contributed by atoms with Crippen molar-refractivity contribution in [3.05, 3.63) is 64.1 Å². The third-order valence-electron chi connectivity index (χ3n) is 3.03. The summed E-state index contributed by atoms with van der Waals surface area (Å²) in [4.78, 5) is 12.0. The molecular formula is C16H14BrF2NOS. The molecule has 0 saturated heterocycles. The number of amides is 1. The molecule has 0 aliphatic carbocycles. The lowest BCUT2D eigenvalue weighted by molar-refractivity contribution is -0.115. The van der Waals surface area contributed by atoms with E-state index < -0.39 is 28.5 Å². The van der Waals surface area contributed by atoms with Crippen molar-refractivity contribution in [2.45, 2.75) is 17.9 Å². The number of hydrogen-bond acceptors (Lipinski definition) is 2. The van der Waals surface area contributed by atoms with Crippen molar-refractivity contribution in [3.63, 3.8) is 0 Å². The second-order valence-electron chi connectivity index (χ2n) is 4.63. The molecule has 1 N–H and O–H groups in total. The van der Waals surface area contributed by atoms with Gasteiger partial charge in [-0.15, -0.1) is 11.8 Å². The summed E-state index contributed by atoms with van der Waals surface area (Å²) in [7, 11) is 0. The van der Waals surface area contributed by atoms with E-state index in [9.17, 15) is 13.6 Å². The van der Waals surface area contributed by atoms with Gasteiger partial charge in [-0.2, -0.15) is 0 Å². The number of carbonyl (C=O) groups is 1. The molecule has 0 heterocycles. The zero-order valence-corrected chi connectivity index (χ0v) is 14.2. The summed E-state index contributed by atoms with van der Waals surface area (Å²) in [6, 6.07) is 11.2. The van der Waals surface area contributed by atoms with Crippen molar-refractivity contribution in [1.82, 2.24) is 0 Å². The average Bonchev–Trinajstić information content (AvgIpc) is 2.49. The van der Waals surface area contributed by atoms with Crippen LogP contribution in [0.2, 0.25) is 0 Å². The molecule has 2 nitrogen and oxygen atoms in total. The molecule has 0 fully saturated rings. The summed E-state index contributed by atoms with van der Waals surface area (Å²) < 4.78 is 28.0. The van der Waals surface area contributed by atoms with E-state index in [2.05, 4.69) is 21.2 Å². The van der Waals surface area contributed by atoms with Gasteiger partial charge in [0, 0.05) is 10.2 Å². The quantitative estimate of drug-likeness (QED) is 0.785. The summed E-state index contributed by atoms with van der Waals surface area (Å²) >= 11 is 4.84. The minimum Gasteiger partial charge on any atom is -0.320 e. The van der Waals surface area contributed by atoms with Gasteiger partial charge < -0.3 is 5.32 Å². The Bertz CT molecular complexity index is 661. The van der Waals surface area contributed by atoms with Gasteiger partial charge in [0.2, 0.25) is 5.91 Å². The van der Waals surface area contributed by atoms with Crippen LogP contribution >= 0.6 is 27.7 Å². The SMILES string of the molecule is CC(SCc1ccccc1Br)C(=O)Nc1c(F)cccc1F. The molecule has 0 aromatic heterocycles. The minimum absolute atomic E-state index is 0.402. The Balaban J connectivity index is 1.97. The maximum absolute atomic E-state index is 13.5. The zero-order valence-electron chi connectivity index (χ0n) is 11.8. The molecule has 1 amide bonds. The van der Waals surface area contributed by atoms with Gasteiger partial charge in [-0.25, -0.2) is 8.78 Å². The highest BCUT2D eigenvalue weighted by atomic mass is 79.9. The van der Waals surface area contributed by atoms with Crippen LogP contribution in [0, 0.1) is 11.6 Å². The molecule has 2 aromatic rings. The topological polar surface area (TPSA) is 29.1 Å². The fourth-order valence-electron chi connectivity index (χ4n) is 1.75. The number of para-hydroxylation sites is 1. The number of benzene rings is 2. The normalized spacial score (nSPS) is 12.0. The number of halogens is 3. The van der Waals surface area contributed by atoms with E-state index in [0.717, 1.165) is 22.2 Å². The van der Waals surface area contributed by atoms with E-state index in [1.54, 1.807) is 6.92 Å². The molecule has 0 saturated carbocycles. The first-order chi connectivity index (χ1) is 10.5. The van der Waals surface area contributed by atoms with E-state index in [0.29, 0.717) is 5.75 Å². The number of thioether (sulfide) groups is 1. The molecule has 0 aliphatic rings. The van der Waals surface area contributed by atoms with E-state index in [1.165, 1.54) is 17.8 Å². The van der Waals surface area contributed by atoms with Crippen molar-refractivity contribution in [2.24, 2.45) is 0 Å². The smallest absolute Gasteiger partial charge is 0.237 e. The predicted octanol–water partition coefficient (Wildman–Crippen LogP) is 4.99. The van der Waals surface area contributed by atoms with Gasteiger partial charge in [-0.1, -0.05) is 40.2 Å². The number of rotatable bonds is 5. The molecule has 22 heavy (non-hydrogen) atoms. The van der Waals surface area contributed by atoms with Crippen molar-refractivity contribution in [3.8, 4) is 0 Å². The largest absolute Gasteiger partial charge is 0.320 e. The number of nitrogens with one attached hydrogen (secondary N) is 1. The molecule has 116 valence electrons. The van der Waals surface area contributed by atoms with Crippen LogP contribution in [0.5, 0.6) is 0 Å². The molecule has 6 heteroatoms. The monoisotopic (exact) mass is 385 g/mol. The van der Waals surface area contributed by atoms with Gasteiger partial charge in [0.15, 0.2) is 0 Å². The highest BCUT2D eigenvalue weighted by molar-refractivity contribution is 9.10. The Hall–Kier alpha value is -1.40. The van der Waals surface area contributed by atoms with Crippen LogP contribution < -0.4 is 5.32 Å². The highest BCUT2D eigenvalue weighted by Crippen LogP contribution is 2.25. The van der Waals surface area contributed by atoms with Crippen LogP contribution in [-0.2, 0) is 10.5 Å². The second kappa shape index (κ2) is 7.74. The molecule has 1 atom stereocenters. The number of carbonyl (C=O) groups excluding carboxylic acids is 1. The Morgan fingerprint density at radius 3 is 2.45 bits per heavy atom. The number of anilines is 1. The van der Waals surface area contributed by atoms with Gasteiger partial charge in [0.25, 0.3) is 0 Å². The van der Waals surface area contributed by atoms with Crippen LogP contribution in [0.3, 0.4) is 0 Å². The summed E-state index contributed by atoms with van der Waals surface area (Å²) in [6.45, 7) is 1.70. The average molecular weight is 386 g/mol. The Labute approximate surface area is 140 Å². The van der Waals surface area contributed by atoms with Crippen molar-refractivity contribution in [2.75, 3.05) is 5.32 Å². The third-order valence-corrected chi connectivity index (χ3v) is 4.99. The molecular weight excluding hydrogens is 372 g/mol. The maximum Gasteiger partial charge on any atom is 0.237 e. The maximum atomic E-state index is 13.5. The van der Waals surface area contributed by atoms with Crippen LogP contribution in [0.15, 0.2) is 46.9 Å². The highest BCUT2D eigenvalue weighted by Gasteiger charge is 2.18.